The monoisotopic (exact) mass is 344 g/mol. The predicted molar refractivity (Wildman–Crippen MR) is 80.0 cm³/mol. The lowest BCUT2D eigenvalue weighted by Gasteiger charge is -2.19. The van der Waals surface area contributed by atoms with Gasteiger partial charge in [-0.3, -0.25) is 19.7 Å². The molecule has 0 heterocycles. The number of hydrogen-bond acceptors (Lipinski definition) is 6. The van der Waals surface area contributed by atoms with Gasteiger partial charge in [0.05, 0.1) is 15.7 Å². The Morgan fingerprint density at radius 1 is 1.35 bits per heavy atom. The van der Waals surface area contributed by atoms with E-state index in [2.05, 4.69) is 0 Å². The fraction of sp³-hybridized carbons (Fsp3) is 0.385. The van der Waals surface area contributed by atoms with Gasteiger partial charge < -0.3 is 10.0 Å². The molecule has 0 aromatic heterocycles. The van der Waals surface area contributed by atoms with Gasteiger partial charge >= 0.3 is 5.97 Å². The second kappa shape index (κ2) is 6.73. The number of aliphatic carboxylic acids is 1. The standard InChI is InChI=1S/C13H16N2O7S/c1-8(13(17)18)7-14(2)12(16)9-4-10(15(19)20)6-11(5-9)23(3,21)22/h4-6,8H,7H2,1-3H3,(H,17,18). The van der Waals surface area contributed by atoms with Crippen molar-refractivity contribution in [3.05, 3.63) is 33.9 Å². The van der Waals surface area contributed by atoms with Crippen LogP contribution < -0.4 is 0 Å². The minimum Gasteiger partial charge on any atom is -0.481 e. The quantitative estimate of drug-likeness (QED) is 0.595. The lowest BCUT2D eigenvalue weighted by molar-refractivity contribution is -0.385. The number of hydrogen-bond donors (Lipinski definition) is 1. The van der Waals surface area contributed by atoms with Gasteiger partial charge in [-0.25, -0.2) is 8.42 Å². The van der Waals surface area contributed by atoms with E-state index in [1.807, 2.05) is 0 Å². The number of nitro groups is 1. The van der Waals surface area contributed by atoms with Gasteiger partial charge in [-0.05, 0) is 6.07 Å². The smallest absolute Gasteiger partial charge is 0.308 e. The summed E-state index contributed by atoms with van der Waals surface area (Å²) in [7, 11) is -2.41. The molecule has 0 bridgehead atoms. The topological polar surface area (TPSA) is 135 Å². The maximum absolute atomic E-state index is 12.3. The molecule has 1 rings (SSSR count). The molecule has 0 aliphatic rings. The molecule has 0 saturated heterocycles. The molecule has 0 aliphatic carbocycles. The van der Waals surface area contributed by atoms with Crippen LogP contribution in [0.15, 0.2) is 23.1 Å². The fourth-order valence-electron chi connectivity index (χ4n) is 1.82. The highest BCUT2D eigenvalue weighted by molar-refractivity contribution is 7.90. The summed E-state index contributed by atoms with van der Waals surface area (Å²) in [5.41, 5.74) is -0.726. The molecule has 1 unspecified atom stereocenters. The van der Waals surface area contributed by atoms with Crippen LogP contribution in [0.2, 0.25) is 0 Å². The summed E-state index contributed by atoms with van der Waals surface area (Å²) >= 11 is 0. The summed E-state index contributed by atoms with van der Waals surface area (Å²) in [5.74, 6) is -2.63. The van der Waals surface area contributed by atoms with Gasteiger partial charge in [0.2, 0.25) is 0 Å². The molecule has 1 amide bonds. The van der Waals surface area contributed by atoms with Crippen LogP contribution in [0.3, 0.4) is 0 Å². The highest BCUT2D eigenvalue weighted by Crippen LogP contribution is 2.22. The Morgan fingerprint density at radius 3 is 2.35 bits per heavy atom. The van der Waals surface area contributed by atoms with Gasteiger partial charge in [0.15, 0.2) is 9.84 Å². The van der Waals surface area contributed by atoms with Crippen LogP contribution in [0.25, 0.3) is 0 Å². The van der Waals surface area contributed by atoms with E-state index >= 15 is 0 Å². The van der Waals surface area contributed by atoms with E-state index in [4.69, 9.17) is 5.11 Å². The Bertz CT molecular complexity index is 758. The van der Waals surface area contributed by atoms with E-state index in [1.165, 1.54) is 14.0 Å². The lowest BCUT2D eigenvalue weighted by Crippen LogP contribution is -2.33. The number of rotatable bonds is 6. The molecule has 10 heteroatoms. The highest BCUT2D eigenvalue weighted by Gasteiger charge is 2.23. The maximum atomic E-state index is 12.3. The molecule has 9 nitrogen and oxygen atoms in total. The summed E-state index contributed by atoms with van der Waals surface area (Å²) < 4.78 is 23.2. The Balaban J connectivity index is 3.25. The van der Waals surface area contributed by atoms with Crippen LogP contribution in [0, 0.1) is 16.0 Å². The zero-order valence-corrected chi connectivity index (χ0v) is 13.5. The van der Waals surface area contributed by atoms with E-state index in [0.717, 1.165) is 29.4 Å². The summed E-state index contributed by atoms with van der Waals surface area (Å²) in [6, 6.07) is 2.86. The third-order valence-electron chi connectivity index (χ3n) is 3.09. The number of sulfone groups is 1. The molecule has 0 radical (unpaired) electrons. The molecule has 0 spiro atoms. The molecule has 23 heavy (non-hydrogen) atoms. The summed E-state index contributed by atoms with van der Waals surface area (Å²) in [6.07, 6.45) is 0.872. The van der Waals surface area contributed by atoms with Gasteiger partial charge in [0.25, 0.3) is 11.6 Å². The van der Waals surface area contributed by atoms with E-state index in [9.17, 15) is 28.1 Å². The number of carbonyl (C=O) groups is 2. The average Bonchev–Trinajstić information content (AvgIpc) is 2.44. The Kier molecular flexibility index (Phi) is 5.43. The van der Waals surface area contributed by atoms with Gasteiger partial charge in [-0.2, -0.15) is 0 Å². The van der Waals surface area contributed by atoms with Crippen molar-refractivity contribution >= 4 is 27.4 Å². The Hall–Kier alpha value is -2.49. The van der Waals surface area contributed by atoms with Crippen molar-refractivity contribution in [3.8, 4) is 0 Å². The zero-order valence-electron chi connectivity index (χ0n) is 12.7. The third kappa shape index (κ3) is 4.74. The average molecular weight is 344 g/mol. The Morgan fingerprint density at radius 2 is 1.91 bits per heavy atom. The molecule has 0 aliphatic heterocycles. The second-order valence-electron chi connectivity index (χ2n) is 5.17. The third-order valence-corrected chi connectivity index (χ3v) is 4.19. The van der Waals surface area contributed by atoms with E-state index in [0.29, 0.717) is 0 Å². The van der Waals surface area contributed by atoms with Crippen LogP contribution in [-0.2, 0) is 14.6 Å². The Labute approximate surface area is 132 Å². The first-order chi connectivity index (χ1) is 10.4. The lowest BCUT2D eigenvalue weighted by atomic mass is 10.1. The molecular weight excluding hydrogens is 328 g/mol. The normalized spacial score (nSPS) is 12.5. The molecule has 1 aromatic rings. The van der Waals surface area contributed by atoms with E-state index in [-0.39, 0.29) is 17.0 Å². The largest absolute Gasteiger partial charge is 0.481 e. The number of carboxylic acids is 1. The molecule has 1 N–H and O–H groups in total. The van der Waals surface area contributed by atoms with E-state index in [1.54, 1.807) is 0 Å². The number of benzene rings is 1. The van der Waals surface area contributed by atoms with Crippen molar-refractivity contribution < 1.29 is 28.0 Å². The predicted octanol–water partition coefficient (Wildman–Crippen LogP) is 0.791. The highest BCUT2D eigenvalue weighted by atomic mass is 32.2. The van der Waals surface area contributed by atoms with Crippen molar-refractivity contribution in [1.29, 1.82) is 0 Å². The maximum Gasteiger partial charge on any atom is 0.308 e. The van der Waals surface area contributed by atoms with Crippen molar-refractivity contribution in [2.45, 2.75) is 11.8 Å². The summed E-state index contributed by atoms with van der Waals surface area (Å²) in [4.78, 5) is 33.9. The fourth-order valence-corrected chi connectivity index (χ4v) is 2.49. The van der Waals surface area contributed by atoms with Gasteiger partial charge in [-0.15, -0.1) is 0 Å². The molecule has 1 atom stereocenters. The summed E-state index contributed by atoms with van der Waals surface area (Å²) in [5, 5.41) is 19.7. The number of nitrogens with zero attached hydrogens (tertiary/aromatic N) is 2. The summed E-state index contributed by atoms with van der Waals surface area (Å²) in [6.45, 7) is 1.28. The second-order valence-corrected chi connectivity index (χ2v) is 7.19. The SMILES string of the molecule is CC(CN(C)C(=O)c1cc([N+](=O)[O-])cc(S(C)(=O)=O)c1)C(=O)O. The van der Waals surface area contributed by atoms with Crippen LogP contribution in [-0.4, -0.2) is 55.1 Å². The first-order valence-electron chi connectivity index (χ1n) is 6.41. The number of non-ortho nitro benzene ring substituents is 1. The first-order valence-corrected chi connectivity index (χ1v) is 8.30. The van der Waals surface area contributed by atoms with Gasteiger partial charge in [-0.1, -0.05) is 6.92 Å². The van der Waals surface area contributed by atoms with Crippen LogP contribution in [0.5, 0.6) is 0 Å². The number of amides is 1. The molecule has 1 aromatic carbocycles. The molecule has 0 fully saturated rings. The van der Waals surface area contributed by atoms with Crippen molar-refractivity contribution in [1.82, 2.24) is 4.90 Å². The molecule has 0 saturated carbocycles. The molecular formula is C13H16N2O7S. The van der Waals surface area contributed by atoms with Gasteiger partial charge in [0, 0.05) is 37.5 Å². The van der Waals surface area contributed by atoms with E-state index < -0.39 is 38.2 Å². The van der Waals surface area contributed by atoms with Crippen LogP contribution >= 0.6 is 0 Å². The zero-order chi connectivity index (χ0) is 17.9. The molecule has 126 valence electrons. The number of carboxylic acid groups (broad SMARTS) is 1. The van der Waals surface area contributed by atoms with Crippen molar-refractivity contribution in [2.75, 3.05) is 19.8 Å². The van der Waals surface area contributed by atoms with Crippen molar-refractivity contribution in [2.24, 2.45) is 5.92 Å². The minimum atomic E-state index is -3.75. The van der Waals surface area contributed by atoms with Crippen LogP contribution in [0.4, 0.5) is 5.69 Å². The number of carbonyl (C=O) groups excluding carboxylic acids is 1. The van der Waals surface area contributed by atoms with Gasteiger partial charge in [0.1, 0.15) is 0 Å². The van der Waals surface area contributed by atoms with Crippen LogP contribution in [0.1, 0.15) is 17.3 Å². The minimum absolute atomic E-state index is 0.120. The first kappa shape index (κ1) is 18.6. The van der Waals surface area contributed by atoms with Crippen molar-refractivity contribution in [3.63, 3.8) is 0 Å². The number of nitro benzene ring substituents is 1.